The molecule has 168 valence electrons. The highest BCUT2D eigenvalue weighted by Crippen LogP contribution is 2.48. The Morgan fingerprint density at radius 1 is 0.485 bits per heavy atom. The van der Waals surface area contributed by atoms with Crippen molar-refractivity contribution in [3.8, 4) is 11.5 Å². The summed E-state index contributed by atoms with van der Waals surface area (Å²) in [7, 11) is 0. The predicted molar refractivity (Wildman–Crippen MR) is 139 cm³/mol. The van der Waals surface area contributed by atoms with E-state index in [1.54, 1.807) is 12.1 Å². The maximum Gasteiger partial charge on any atom is 0.119 e. The van der Waals surface area contributed by atoms with Gasteiger partial charge in [0.2, 0.25) is 0 Å². The van der Waals surface area contributed by atoms with Gasteiger partial charge in [0.05, 0.1) is 0 Å². The molecule has 4 aromatic rings. The van der Waals surface area contributed by atoms with Gasteiger partial charge in [0.1, 0.15) is 11.5 Å². The van der Waals surface area contributed by atoms with Crippen molar-refractivity contribution < 1.29 is 10.2 Å². The lowest BCUT2D eigenvalue weighted by molar-refractivity contribution is 0.465. The summed E-state index contributed by atoms with van der Waals surface area (Å²) in [6.07, 6.45) is 3.67. The Kier molecular flexibility index (Phi) is 8.10. The molecular formula is C30H30O2S. The van der Waals surface area contributed by atoms with E-state index in [4.69, 9.17) is 0 Å². The first-order chi connectivity index (χ1) is 16.2. The van der Waals surface area contributed by atoms with Crippen LogP contribution in [0.5, 0.6) is 11.5 Å². The molecule has 4 aromatic carbocycles. The SMILES string of the molecule is Oc1ccccc1C(CCc1ccccc1)SC(CCc1ccccc1)c1ccccc1O. The third kappa shape index (κ3) is 6.43. The molecule has 0 spiro atoms. The summed E-state index contributed by atoms with van der Waals surface area (Å²) in [5.74, 6) is 0.671. The quantitative estimate of drug-likeness (QED) is 0.256. The fourth-order valence-electron chi connectivity index (χ4n) is 4.20. The van der Waals surface area contributed by atoms with Gasteiger partial charge in [-0.05, 0) is 48.9 Å². The summed E-state index contributed by atoms with van der Waals surface area (Å²) < 4.78 is 0. The van der Waals surface area contributed by atoms with Crippen LogP contribution >= 0.6 is 11.8 Å². The number of rotatable bonds is 10. The number of benzene rings is 4. The normalized spacial score (nSPS) is 12.8. The van der Waals surface area contributed by atoms with Gasteiger partial charge in [0.15, 0.2) is 0 Å². The van der Waals surface area contributed by atoms with Crippen LogP contribution in [0.3, 0.4) is 0 Å². The van der Waals surface area contributed by atoms with Crippen molar-refractivity contribution in [2.24, 2.45) is 0 Å². The lowest BCUT2D eigenvalue weighted by Crippen LogP contribution is -2.04. The van der Waals surface area contributed by atoms with E-state index in [-0.39, 0.29) is 10.5 Å². The zero-order chi connectivity index (χ0) is 22.9. The van der Waals surface area contributed by atoms with Crippen LogP contribution in [0.25, 0.3) is 0 Å². The van der Waals surface area contributed by atoms with Gasteiger partial charge in [0, 0.05) is 21.6 Å². The summed E-state index contributed by atoms with van der Waals surface area (Å²) >= 11 is 1.84. The highest BCUT2D eigenvalue weighted by atomic mass is 32.2. The molecule has 4 rings (SSSR count). The third-order valence-electron chi connectivity index (χ3n) is 5.97. The molecular weight excluding hydrogens is 424 g/mol. The molecule has 33 heavy (non-hydrogen) atoms. The van der Waals surface area contributed by atoms with Gasteiger partial charge in [-0.15, -0.1) is 11.8 Å². The number of aryl methyl sites for hydroxylation is 2. The fourth-order valence-corrected chi connectivity index (χ4v) is 5.79. The van der Waals surface area contributed by atoms with Gasteiger partial charge in [0.25, 0.3) is 0 Å². The molecule has 2 unspecified atom stereocenters. The molecule has 0 fully saturated rings. The van der Waals surface area contributed by atoms with E-state index in [1.165, 1.54) is 11.1 Å². The van der Waals surface area contributed by atoms with Gasteiger partial charge in [-0.25, -0.2) is 0 Å². The summed E-state index contributed by atoms with van der Waals surface area (Å²) in [5.41, 5.74) is 4.50. The Hall–Kier alpha value is -3.17. The third-order valence-corrected chi connectivity index (χ3v) is 7.61. The van der Waals surface area contributed by atoms with Crippen LogP contribution in [0, 0.1) is 0 Å². The van der Waals surface area contributed by atoms with Gasteiger partial charge >= 0.3 is 0 Å². The monoisotopic (exact) mass is 454 g/mol. The van der Waals surface area contributed by atoms with Gasteiger partial charge in [-0.2, -0.15) is 0 Å². The molecule has 2 atom stereocenters. The second-order valence-electron chi connectivity index (χ2n) is 8.28. The van der Waals surface area contributed by atoms with Crippen LogP contribution in [0.15, 0.2) is 109 Å². The van der Waals surface area contributed by atoms with E-state index >= 15 is 0 Å². The Bertz CT molecular complexity index is 1040. The first-order valence-electron chi connectivity index (χ1n) is 11.5. The first-order valence-corrected chi connectivity index (χ1v) is 12.4. The molecule has 0 radical (unpaired) electrons. The molecule has 0 heterocycles. The second kappa shape index (κ2) is 11.6. The van der Waals surface area contributed by atoms with Crippen molar-refractivity contribution in [1.29, 1.82) is 0 Å². The molecule has 0 aliphatic heterocycles. The van der Waals surface area contributed by atoms with Gasteiger partial charge in [-0.3, -0.25) is 0 Å². The van der Waals surface area contributed by atoms with E-state index < -0.39 is 0 Å². The molecule has 0 aliphatic carbocycles. The van der Waals surface area contributed by atoms with Crippen LogP contribution in [-0.4, -0.2) is 10.2 Å². The van der Waals surface area contributed by atoms with E-state index in [0.29, 0.717) is 11.5 Å². The topological polar surface area (TPSA) is 40.5 Å². The summed E-state index contributed by atoms with van der Waals surface area (Å²) in [4.78, 5) is 0. The Morgan fingerprint density at radius 2 is 0.848 bits per heavy atom. The van der Waals surface area contributed by atoms with Crippen LogP contribution in [0.4, 0.5) is 0 Å². The predicted octanol–water partition coefficient (Wildman–Crippen LogP) is 7.88. The number of phenolic OH excluding ortho intramolecular Hbond substituents is 2. The molecule has 0 amide bonds. The smallest absolute Gasteiger partial charge is 0.119 e. The fraction of sp³-hybridized carbons (Fsp3) is 0.200. The van der Waals surface area contributed by atoms with Crippen molar-refractivity contribution in [3.05, 3.63) is 131 Å². The second-order valence-corrected chi connectivity index (χ2v) is 9.69. The number of hydrogen-bond donors (Lipinski definition) is 2. The van der Waals surface area contributed by atoms with Crippen molar-refractivity contribution in [2.45, 2.75) is 36.2 Å². The van der Waals surface area contributed by atoms with Crippen LogP contribution in [-0.2, 0) is 12.8 Å². The van der Waals surface area contributed by atoms with Gasteiger partial charge in [-0.1, -0.05) is 97.1 Å². The number of para-hydroxylation sites is 2. The number of thioether (sulfide) groups is 1. The zero-order valence-electron chi connectivity index (χ0n) is 18.7. The maximum atomic E-state index is 10.7. The zero-order valence-corrected chi connectivity index (χ0v) is 19.5. The lowest BCUT2D eigenvalue weighted by Gasteiger charge is -2.25. The number of phenols is 2. The summed E-state index contributed by atoms with van der Waals surface area (Å²) in [6.45, 7) is 0. The van der Waals surface area contributed by atoms with Crippen molar-refractivity contribution in [2.75, 3.05) is 0 Å². The Morgan fingerprint density at radius 3 is 1.24 bits per heavy atom. The Balaban J connectivity index is 1.60. The Labute approximate surface area is 201 Å². The lowest BCUT2D eigenvalue weighted by atomic mass is 10.0. The molecule has 3 heteroatoms. The van der Waals surface area contributed by atoms with Crippen molar-refractivity contribution >= 4 is 11.8 Å². The van der Waals surface area contributed by atoms with Gasteiger partial charge < -0.3 is 10.2 Å². The highest BCUT2D eigenvalue weighted by molar-refractivity contribution is 7.99. The minimum Gasteiger partial charge on any atom is -0.508 e. The standard InChI is InChI=1S/C30H30O2S/c31-27-17-9-7-15-25(27)29(21-19-23-11-3-1-4-12-23)33-30(26-16-8-10-18-28(26)32)22-20-24-13-5-2-6-14-24/h1-18,29-32H,19-22H2. The van der Waals surface area contributed by atoms with E-state index in [2.05, 4.69) is 48.5 Å². The van der Waals surface area contributed by atoms with E-state index in [9.17, 15) is 10.2 Å². The average molecular weight is 455 g/mol. The summed E-state index contributed by atoms with van der Waals surface area (Å²) in [6, 6.07) is 36.3. The molecule has 0 saturated heterocycles. The minimum atomic E-state index is 0.104. The molecule has 0 saturated carbocycles. The van der Waals surface area contributed by atoms with E-state index in [0.717, 1.165) is 36.8 Å². The number of hydrogen-bond acceptors (Lipinski definition) is 3. The van der Waals surface area contributed by atoms with Crippen molar-refractivity contribution in [1.82, 2.24) is 0 Å². The molecule has 0 aliphatic rings. The maximum absolute atomic E-state index is 10.7. The minimum absolute atomic E-state index is 0.104. The molecule has 0 bridgehead atoms. The van der Waals surface area contributed by atoms with Crippen LogP contribution < -0.4 is 0 Å². The molecule has 0 aromatic heterocycles. The van der Waals surface area contributed by atoms with Crippen LogP contribution in [0.2, 0.25) is 0 Å². The first kappa shape index (κ1) is 23.0. The molecule has 2 N–H and O–H groups in total. The van der Waals surface area contributed by atoms with Crippen molar-refractivity contribution in [3.63, 3.8) is 0 Å². The highest BCUT2D eigenvalue weighted by Gasteiger charge is 2.24. The van der Waals surface area contributed by atoms with E-state index in [1.807, 2.05) is 60.3 Å². The largest absolute Gasteiger partial charge is 0.508 e. The molecule has 2 nitrogen and oxygen atoms in total. The number of aromatic hydroxyl groups is 2. The van der Waals surface area contributed by atoms with Crippen LogP contribution in [0.1, 0.15) is 45.6 Å². The average Bonchev–Trinajstić information content (AvgIpc) is 2.86. The summed E-state index contributed by atoms with van der Waals surface area (Å²) in [5, 5.41) is 21.5.